The molecule has 4 rings (SSSR count). The molecule has 1 aliphatic heterocycles. The van der Waals surface area contributed by atoms with E-state index < -0.39 is 0 Å². The molecule has 2 heterocycles. The van der Waals surface area contributed by atoms with E-state index in [4.69, 9.17) is 13.9 Å². The van der Waals surface area contributed by atoms with Gasteiger partial charge in [-0.05, 0) is 31.4 Å². The van der Waals surface area contributed by atoms with E-state index in [0.29, 0.717) is 48.6 Å². The summed E-state index contributed by atoms with van der Waals surface area (Å²) in [6.45, 7) is 2.76. The van der Waals surface area contributed by atoms with Crippen molar-refractivity contribution >= 4 is 11.7 Å². The summed E-state index contributed by atoms with van der Waals surface area (Å²) in [4.78, 5) is 25.0. The van der Waals surface area contributed by atoms with Crippen molar-refractivity contribution in [3.05, 3.63) is 46.4 Å². The Morgan fingerprint density at radius 1 is 1.33 bits per heavy atom. The Kier molecular flexibility index (Phi) is 4.64. The van der Waals surface area contributed by atoms with Crippen molar-refractivity contribution in [2.24, 2.45) is 5.92 Å². The zero-order chi connectivity index (χ0) is 19.0. The zero-order valence-corrected chi connectivity index (χ0v) is 15.6. The molecule has 1 atom stereocenters. The number of hydrogen-bond donors (Lipinski definition) is 1. The van der Waals surface area contributed by atoms with E-state index in [0.717, 1.165) is 29.9 Å². The van der Waals surface area contributed by atoms with Crippen molar-refractivity contribution in [1.29, 1.82) is 0 Å². The highest BCUT2D eigenvalue weighted by molar-refractivity contribution is 6.10. The topological polar surface area (TPSA) is 77.8 Å². The first-order valence-corrected chi connectivity index (χ1v) is 9.30. The van der Waals surface area contributed by atoms with Crippen LogP contribution in [0.25, 0.3) is 0 Å². The lowest BCUT2D eigenvalue weighted by molar-refractivity contribution is 0.0917. The van der Waals surface area contributed by atoms with Crippen molar-refractivity contribution in [2.45, 2.75) is 32.6 Å². The highest BCUT2D eigenvalue weighted by atomic mass is 16.5. The molecule has 0 radical (unpaired) electrons. The number of carbonyl (C=O) groups is 2. The van der Waals surface area contributed by atoms with Crippen LogP contribution in [0.1, 0.15) is 50.6 Å². The predicted molar refractivity (Wildman–Crippen MR) is 98.7 cm³/mol. The smallest absolute Gasteiger partial charge is 0.255 e. The second-order valence-corrected chi connectivity index (χ2v) is 7.17. The molecule has 6 nitrogen and oxygen atoms in total. The Labute approximate surface area is 157 Å². The van der Waals surface area contributed by atoms with Crippen LogP contribution in [-0.4, -0.2) is 32.0 Å². The summed E-state index contributed by atoms with van der Waals surface area (Å²) in [5, 5.41) is 2.96. The number of methoxy groups -OCH3 is 1. The van der Waals surface area contributed by atoms with Gasteiger partial charge in [-0.25, -0.2) is 0 Å². The number of rotatable bonds is 4. The van der Waals surface area contributed by atoms with Crippen LogP contribution in [-0.2, 0) is 12.8 Å². The fraction of sp³-hybridized carbons (Fsp3) is 0.429. The van der Waals surface area contributed by atoms with Crippen LogP contribution in [0.4, 0.5) is 0 Å². The normalized spacial score (nSPS) is 18.3. The van der Waals surface area contributed by atoms with E-state index in [2.05, 4.69) is 5.32 Å². The highest BCUT2D eigenvalue weighted by Crippen LogP contribution is 2.32. The molecular formula is C21H23NO5. The molecule has 0 saturated heterocycles. The maximum atomic E-state index is 12.7. The van der Waals surface area contributed by atoms with Gasteiger partial charge < -0.3 is 19.2 Å². The van der Waals surface area contributed by atoms with E-state index in [1.807, 2.05) is 18.2 Å². The van der Waals surface area contributed by atoms with Crippen molar-refractivity contribution in [3.8, 4) is 11.5 Å². The monoisotopic (exact) mass is 369 g/mol. The third kappa shape index (κ3) is 3.31. The molecule has 142 valence electrons. The average Bonchev–Trinajstić information content (AvgIpc) is 3.02. The molecule has 0 unspecified atom stereocenters. The molecule has 27 heavy (non-hydrogen) atoms. The van der Waals surface area contributed by atoms with Gasteiger partial charge in [0.15, 0.2) is 5.78 Å². The standard InChI is InChI=1S/C21H23NO5/c1-12-19(20-16(23)4-3-5-17(20)27-12)21(24)22-10-13-8-14-6-7-15(25-2)9-18(14)26-11-13/h6-7,9,13H,3-5,8,10-11H2,1-2H3,(H,22,24)/t13-/m0/s1. The van der Waals surface area contributed by atoms with Gasteiger partial charge >= 0.3 is 0 Å². The lowest BCUT2D eigenvalue weighted by Crippen LogP contribution is -2.35. The number of furan rings is 1. The quantitative estimate of drug-likeness (QED) is 0.896. The van der Waals surface area contributed by atoms with E-state index in [1.54, 1.807) is 14.0 Å². The molecule has 1 N–H and O–H groups in total. The van der Waals surface area contributed by atoms with E-state index >= 15 is 0 Å². The molecule has 2 aromatic rings. The summed E-state index contributed by atoms with van der Waals surface area (Å²) in [6, 6.07) is 5.80. The molecule has 1 amide bonds. The van der Waals surface area contributed by atoms with Crippen LogP contribution >= 0.6 is 0 Å². The van der Waals surface area contributed by atoms with Gasteiger partial charge in [0, 0.05) is 31.4 Å². The first-order chi connectivity index (χ1) is 13.1. The number of carbonyl (C=O) groups excluding carboxylic acids is 2. The van der Waals surface area contributed by atoms with E-state index in [1.165, 1.54) is 0 Å². The molecule has 1 aliphatic carbocycles. The van der Waals surface area contributed by atoms with Crippen molar-refractivity contribution in [1.82, 2.24) is 5.32 Å². The Bertz CT molecular complexity index is 898. The van der Waals surface area contributed by atoms with E-state index in [-0.39, 0.29) is 17.6 Å². The third-order valence-corrected chi connectivity index (χ3v) is 5.28. The van der Waals surface area contributed by atoms with Crippen molar-refractivity contribution in [2.75, 3.05) is 20.3 Å². The Morgan fingerprint density at radius 2 is 2.19 bits per heavy atom. The van der Waals surface area contributed by atoms with Gasteiger partial charge in [-0.3, -0.25) is 9.59 Å². The van der Waals surface area contributed by atoms with Gasteiger partial charge in [0.1, 0.15) is 23.0 Å². The molecule has 1 aromatic carbocycles. The Balaban J connectivity index is 1.43. The first-order valence-electron chi connectivity index (χ1n) is 9.30. The zero-order valence-electron chi connectivity index (χ0n) is 15.6. The van der Waals surface area contributed by atoms with Gasteiger partial charge in [-0.2, -0.15) is 0 Å². The summed E-state index contributed by atoms with van der Waals surface area (Å²) in [5.74, 6) is 2.71. The maximum Gasteiger partial charge on any atom is 0.255 e. The number of Topliss-reactive ketones (excluding diaryl/α,β-unsaturated/α-hetero) is 1. The van der Waals surface area contributed by atoms with E-state index in [9.17, 15) is 9.59 Å². The third-order valence-electron chi connectivity index (χ3n) is 5.28. The highest BCUT2D eigenvalue weighted by Gasteiger charge is 2.31. The number of nitrogens with one attached hydrogen (secondary N) is 1. The minimum absolute atomic E-state index is 0.00197. The number of ether oxygens (including phenoxy) is 2. The van der Waals surface area contributed by atoms with Crippen LogP contribution in [0.2, 0.25) is 0 Å². The molecule has 0 saturated carbocycles. The molecule has 1 aromatic heterocycles. The minimum atomic E-state index is -0.242. The Morgan fingerprint density at radius 3 is 3.00 bits per heavy atom. The van der Waals surface area contributed by atoms with Gasteiger partial charge in [0.05, 0.1) is 24.8 Å². The van der Waals surface area contributed by atoms with Crippen LogP contribution in [0.5, 0.6) is 11.5 Å². The summed E-state index contributed by atoms with van der Waals surface area (Å²) in [5.41, 5.74) is 1.98. The van der Waals surface area contributed by atoms with Gasteiger partial charge in [0.2, 0.25) is 0 Å². The summed E-state index contributed by atoms with van der Waals surface area (Å²) >= 11 is 0. The van der Waals surface area contributed by atoms with Crippen molar-refractivity contribution in [3.63, 3.8) is 0 Å². The lowest BCUT2D eigenvalue weighted by atomic mass is 9.93. The fourth-order valence-electron chi connectivity index (χ4n) is 3.88. The summed E-state index contributed by atoms with van der Waals surface area (Å²) in [6.07, 6.45) is 2.79. The van der Waals surface area contributed by atoms with Gasteiger partial charge in [-0.1, -0.05) is 6.07 Å². The second-order valence-electron chi connectivity index (χ2n) is 7.17. The molecule has 0 spiro atoms. The average molecular weight is 369 g/mol. The van der Waals surface area contributed by atoms with Gasteiger partial charge in [-0.15, -0.1) is 0 Å². The van der Waals surface area contributed by atoms with Crippen LogP contribution < -0.4 is 14.8 Å². The van der Waals surface area contributed by atoms with Crippen LogP contribution in [0, 0.1) is 12.8 Å². The molecule has 6 heteroatoms. The number of benzene rings is 1. The summed E-state index contributed by atoms with van der Waals surface area (Å²) in [7, 11) is 1.63. The predicted octanol–water partition coefficient (Wildman–Crippen LogP) is 3.10. The molecule has 0 fully saturated rings. The van der Waals surface area contributed by atoms with Crippen LogP contribution in [0.15, 0.2) is 22.6 Å². The minimum Gasteiger partial charge on any atom is -0.497 e. The summed E-state index contributed by atoms with van der Waals surface area (Å²) < 4.78 is 16.7. The number of fused-ring (bicyclic) bond motifs is 2. The van der Waals surface area contributed by atoms with Crippen molar-refractivity contribution < 1.29 is 23.5 Å². The molecule has 2 aliphatic rings. The lowest BCUT2D eigenvalue weighted by Gasteiger charge is -2.25. The number of hydrogen-bond acceptors (Lipinski definition) is 5. The molecule has 0 bridgehead atoms. The first kappa shape index (κ1) is 17.6. The maximum absolute atomic E-state index is 12.7. The number of ketones is 1. The number of amides is 1. The second kappa shape index (κ2) is 7.10. The number of aryl methyl sites for hydroxylation is 2. The van der Waals surface area contributed by atoms with Crippen LogP contribution in [0.3, 0.4) is 0 Å². The van der Waals surface area contributed by atoms with Gasteiger partial charge in [0.25, 0.3) is 5.91 Å². The Hall–Kier alpha value is -2.76. The fourth-order valence-corrected chi connectivity index (χ4v) is 3.88. The molecular weight excluding hydrogens is 346 g/mol. The SMILES string of the molecule is COc1ccc2c(c1)OC[C@H](CNC(=O)c1c(C)oc3c1C(=O)CCC3)C2. The largest absolute Gasteiger partial charge is 0.497 e.